The molecule has 2 rings (SSSR count). The first kappa shape index (κ1) is 12.7. The Labute approximate surface area is 104 Å². The van der Waals surface area contributed by atoms with Crippen molar-refractivity contribution in [3.8, 4) is 0 Å². The first-order chi connectivity index (χ1) is 8.19. The monoisotopic (exact) mass is 236 g/mol. The standard InChI is InChI=1S/C14H24N2O/c1-4-15-8-13-7-14(17-11(13)2)10-16(3)9-12-5-6-12/h7,12,15H,4-6,8-10H2,1-3H3. The number of nitrogens with zero attached hydrogens (tertiary/aromatic N) is 1. The highest BCUT2D eigenvalue weighted by molar-refractivity contribution is 5.20. The minimum atomic E-state index is 0.915. The molecule has 1 saturated carbocycles. The summed E-state index contributed by atoms with van der Waals surface area (Å²) in [6.45, 7) is 8.24. The van der Waals surface area contributed by atoms with Crippen LogP contribution in [0, 0.1) is 12.8 Å². The molecule has 1 aromatic rings. The van der Waals surface area contributed by atoms with Crippen LogP contribution < -0.4 is 5.32 Å². The predicted molar refractivity (Wildman–Crippen MR) is 69.9 cm³/mol. The van der Waals surface area contributed by atoms with Crippen molar-refractivity contribution in [2.45, 2.75) is 39.8 Å². The van der Waals surface area contributed by atoms with Gasteiger partial charge in [-0.25, -0.2) is 0 Å². The second kappa shape index (κ2) is 5.69. The van der Waals surface area contributed by atoms with Crippen LogP contribution in [0.4, 0.5) is 0 Å². The average molecular weight is 236 g/mol. The van der Waals surface area contributed by atoms with Gasteiger partial charge in [0.05, 0.1) is 6.54 Å². The lowest BCUT2D eigenvalue weighted by Gasteiger charge is -2.13. The Hall–Kier alpha value is -0.800. The molecule has 3 nitrogen and oxygen atoms in total. The van der Waals surface area contributed by atoms with E-state index in [-0.39, 0.29) is 0 Å². The van der Waals surface area contributed by atoms with Gasteiger partial charge in [-0.3, -0.25) is 4.90 Å². The van der Waals surface area contributed by atoms with Crippen molar-refractivity contribution in [2.24, 2.45) is 5.92 Å². The van der Waals surface area contributed by atoms with Crippen LogP contribution in [-0.2, 0) is 13.1 Å². The van der Waals surface area contributed by atoms with Gasteiger partial charge in [0, 0.05) is 18.7 Å². The second-order valence-electron chi connectivity index (χ2n) is 5.21. The molecule has 1 N–H and O–H groups in total. The van der Waals surface area contributed by atoms with Crippen LogP contribution in [-0.4, -0.2) is 25.0 Å². The third kappa shape index (κ3) is 3.86. The fourth-order valence-electron chi connectivity index (χ4n) is 2.17. The van der Waals surface area contributed by atoms with Crippen molar-refractivity contribution >= 4 is 0 Å². The lowest BCUT2D eigenvalue weighted by atomic mass is 10.2. The van der Waals surface area contributed by atoms with Crippen LogP contribution in [0.5, 0.6) is 0 Å². The number of rotatable bonds is 7. The lowest BCUT2D eigenvalue weighted by Crippen LogP contribution is -2.20. The molecule has 0 aromatic carbocycles. The normalized spacial score (nSPS) is 15.8. The smallest absolute Gasteiger partial charge is 0.118 e. The van der Waals surface area contributed by atoms with E-state index in [1.807, 2.05) is 0 Å². The molecule has 0 bridgehead atoms. The summed E-state index contributed by atoms with van der Waals surface area (Å²) in [6.07, 6.45) is 2.82. The second-order valence-corrected chi connectivity index (χ2v) is 5.21. The van der Waals surface area contributed by atoms with Gasteiger partial charge in [-0.1, -0.05) is 6.92 Å². The van der Waals surface area contributed by atoms with E-state index in [1.165, 1.54) is 24.9 Å². The zero-order valence-corrected chi connectivity index (χ0v) is 11.3. The largest absolute Gasteiger partial charge is 0.465 e. The predicted octanol–water partition coefficient (Wildman–Crippen LogP) is 2.54. The summed E-state index contributed by atoms with van der Waals surface area (Å²) in [6, 6.07) is 2.20. The molecule has 0 radical (unpaired) electrons. The van der Waals surface area contributed by atoms with E-state index in [2.05, 4.69) is 37.2 Å². The lowest BCUT2D eigenvalue weighted by molar-refractivity contribution is 0.282. The van der Waals surface area contributed by atoms with E-state index >= 15 is 0 Å². The summed E-state index contributed by atoms with van der Waals surface area (Å²) < 4.78 is 5.80. The van der Waals surface area contributed by atoms with Gasteiger partial charge in [0.15, 0.2) is 0 Å². The van der Waals surface area contributed by atoms with Gasteiger partial charge < -0.3 is 9.73 Å². The van der Waals surface area contributed by atoms with Crippen LogP contribution in [0.1, 0.15) is 36.8 Å². The Morgan fingerprint density at radius 1 is 1.47 bits per heavy atom. The van der Waals surface area contributed by atoms with E-state index < -0.39 is 0 Å². The first-order valence-electron chi connectivity index (χ1n) is 6.66. The third-order valence-electron chi connectivity index (χ3n) is 3.33. The Bertz CT molecular complexity index is 355. The van der Waals surface area contributed by atoms with Crippen LogP contribution in [0.3, 0.4) is 0 Å². The SMILES string of the molecule is CCNCc1cc(CN(C)CC2CC2)oc1C. The number of aryl methyl sites for hydroxylation is 1. The summed E-state index contributed by atoms with van der Waals surface area (Å²) in [5.74, 6) is 3.09. The van der Waals surface area contributed by atoms with Gasteiger partial charge in [0.25, 0.3) is 0 Å². The molecule has 0 saturated heterocycles. The van der Waals surface area contributed by atoms with E-state index in [9.17, 15) is 0 Å². The van der Waals surface area contributed by atoms with Crippen LogP contribution in [0.25, 0.3) is 0 Å². The highest BCUT2D eigenvalue weighted by Crippen LogP contribution is 2.29. The van der Waals surface area contributed by atoms with Crippen molar-refractivity contribution < 1.29 is 4.42 Å². The van der Waals surface area contributed by atoms with Gasteiger partial charge in [-0.2, -0.15) is 0 Å². The molecule has 0 aliphatic heterocycles. The molecule has 17 heavy (non-hydrogen) atoms. The molecule has 1 aromatic heterocycles. The zero-order valence-electron chi connectivity index (χ0n) is 11.3. The third-order valence-corrected chi connectivity index (χ3v) is 3.33. The first-order valence-corrected chi connectivity index (χ1v) is 6.66. The summed E-state index contributed by atoms with van der Waals surface area (Å²) in [7, 11) is 2.18. The van der Waals surface area contributed by atoms with E-state index in [1.54, 1.807) is 0 Å². The maximum absolute atomic E-state index is 5.80. The van der Waals surface area contributed by atoms with E-state index in [0.717, 1.165) is 37.1 Å². The summed E-state index contributed by atoms with van der Waals surface area (Å²) in [4.78, 5) is 2.37. The Balaban J connectivity index is 1.86. The minimum Gasteiger partial charge on any atom is -0.465 e. The molecule has 1 heterocycles. The molecule has 0 spiro atoms. The minimum absolute atomic E-state index is 0.915. The number of hydrogen-bond acceptors (Lipinski definition) is 3. The van der Waals surface area contributed by atoms with Crippen LogP contribution >= 0.6 is 0 Å². The highest BCUT2D eigenvalue weighted by Gasteiger charge is 2.23. The Morgan fingerprint density at radius 2 is 2.24 bits per heavy atom. The topological polar surface area (TPSA) is 28.4 Å². The maximum atomic E-state index is 5.80. The van der Waals surface area contributed by atoms with E-state index in [0.29, 0.717) is 0 Å². The van der Waals surface area contributed by atoms with Crippen molar-refractivity contribution in [3.63, 3.8) is 0 Å². The molecule has 1 aliphatic carbocycles. The van der Waals surface area contributed by atoms with Crippen molar-refractivity contribution in [3.05, 3.63) is 23.2 Å². The summed E-state index contributed by atoms with van der Waals surface area (Å²) in [5.41, 5.74) is 1.29. The number of nitrogens with one attached hydrogen (secondary N) is 1. The molecular weight excluding hydrogens is 212 g/mol. The molecule has 0 unspecified atom stereocenters. The molecule has 0 atom stereocenters. The summed E-state index contributed by atoms with van der Waals surface area (Å²) in [5, 5.41) is 3.34. The molecule has 3 heteroatoms. The van der Waals surface area contributed by atoms with Crippen LogP contribution in [0.2, 0.25) is 0 Å². The van der Waals surface area contributed by atoms with Gasteiger partial charge in [0.2, 0.25) is 0 Å². The fraction of sp³-hybridized carbons (Fsp3) is 0.714. The van der Waals surface area contributed by atoms with Crippen LogP contribution in [0.15, 0.2) is 10.5 Å². The molecule has 96 valence electrons. The van der Waals surface area contributed by atoms with Crippen molar-refractivity contribution in [1.82, 2.24) is 10.2 Å². The zero-order chi connectivity index (χ0) is 12.3. The van der Waals surface area contributed by atoms with Crippen molar-refractivity contribution in [1.29, 1.82) is 0 Å². The van der Waals surface area contributed by atoms with Gasteiger partial charge in [-0.05, 0) is 45.3 Å². The fourth-order valence-corrected chi connectivity index (χ4v) is 2.17. The molecule has 1 aliphatic rings. The van der Waals surface area contributed by atoms with Gasteiger partial charge in [0.1, 0.15) is 11.5 Å². The van der Waals surface area contributed by atoms with E-state index in [4.69, 9.17) is 4.42 Å². The number of furan rings is 1. The molecule has 0 amide bonds. The Morgan fingerprint density at radius 3 is 2.88 bits per heavy atom. The molecular formula is C14H24N2O. The Kier molecular flexibility index (Phi) is 4.24. The maximum Gasteiger partial charge on any atom is 0.118 e. The highest BCUT2D eigenvalue weighted by atomic mass is 16.3. The van der Waals surface area contributed by atoms with Gasteiger partial charge in [-0.15, -0.1) is 0 Å². The van der Waals surface area contributed by atoms with Crippen molar-refractivity contribution in [2.75, 3.05) is 20.1 Å². The summed E-state index contributed by atoms with van der Waals surface area (Å²) >= 11 is 0. The molecule has 1 fully saturated rings. The average Bonchev–Trinajstić information content (AvgIpc) is 3.00. The number of hydrogen-bond donors (Lipinski definition) is 1. The van der Waals surface area contributed by atoms with Gasteiger partial charge >= 0.3 is 0 Å². The quantitative estimate of drug-likeness (QED) is 0.788.